The van der Waals surface area contributed by atoms with Crippen LogP contribution < -0.4 is 0 Å². The van der Waals surface area contributed by atoms with Crippen LogP contribution in [0, 0.1) is 12.8 Å². The predicted molar refractivity (Wildman–Crippen MR) is 97.6 cm³/mol. The van der Waals surface area contributed by atoms with Gasteiger partial charge in [-0.05, 0) is 43.0 Å². The number of amides is 1. The van der Waals surface area contributed by atoms with Crippen molar-refractivity contribution in [3.63, 3.8) is 0 Å². The first kappa shape index (κ1) is 18.5. The molecular weight excluding hydrogens is 369 g/mol. The van der Waals surface area contributed by atoms with Crippen molar-refractivity contribution >= 4 is 16.9 Å². The van der Waals surface area contributed by atoms with Crippen LogP contribution in [-0.4, -0.2) is 32.5 Å². The zero-order chi connectivity index (χ0) is 20.1. The molecule has 2 atom stereocenters. The molecule has 0 unspecified atom stereocenters. The number of aromatic nitrogens is 3. The van der Waals surface area contributed by atoms with E-state index in [2.05, 4.69) is 15.2 Å². The summed E-state index contributed by atoms with van der Waals surface area (Å²) in [5, 5.41) is 7.69. The number of hydrogen-bond acceptors (Lipinski definition) is 3. The number of halogens is 3. The SMILES string of the molecule is Cc1[nH]nc2ncc(C(=O)N3CC[C@H](C)[C@@H]3c3ccc(C(F)(F)F)cc3)cc12. The summed E-state index contributed by atoms with van der Waals surface area (Å²) in [4.78, 5) is 19.1. The van der Waals surface area contributed by atoms with E-state index < -0.39 is 11.7 Å². The number of likely N-dealkylation sites (tertiary alicyclic amines) is 1. The number of pyridine rings is 1. The molecule has 1 aliphatic rings. The van der Waals surface area contributed by atoms with Gasteiger partial charge in [-0.15, -0.1) is 0 Å². The number of hydrogen-bond donors (Lipinski definition) is 1. The van der Waals surface area contributed by atoms with Gasteiger partial charge >= 0.3 is 6.18 Å². The Morgan fingerprint density at radius 2 is 1.96 bits per heavy atom. The number of fused-ring (bicyclic) bond motifs is 1. The predicted octanol–water partition coefficient (Wildman–Crippen LogP) is 4.51. The third-order valence-corrected chi connectivity index (χ3v) is 5.39. The minimum absolute atomic E-state index is 0.146. The molecule has 5 nitrogen and oxygen atoms in total. The third-order valence-electron chi connectivity index (χ3n) is 5.39. The topological polar surface area (TPSA) is 61.9 Å². The van der Waals surface area contributed by atoms with Crippen LogP contribution >= 0.6 is 0 Å². The number of aromatic amines is 1. The number of alkyl halides is 3. The molecule has 1 aromatic carbocycles. The number of H-pyrrole nitrogens is 1. The Balaban J connectivity index is 1.65. The van der Waals surface area contributed by atoms with Crippen molar-refractivity contribution in [1.82, 2.24) is 20.1 Å². The maximum absolute atomic E-state index is 13.2. The second-order valence-electron chi connectivity index (χ2n) is 7.27. The van der Waals surface area contributed by atoms with Crippen LogP contribution in [0.1, 0.15) is 46.6 Å². The highest BCUT2D eigenvalue weighted by atomic mass is 19.4. The van der Waals surface area contributed by atoms with Crippen molar-refractivity contribution in [2.24, 2.45) is 5.92 Å². The highest BCUT2D eigenvalue weighted by Gasteiger charge is 2.37. The molecule has 1 amide bonds. The van der Waals surface area contributed by atoms with E-state index in [4.69, 9.17) is 0 Å². The van der Waals surface area contributed by atoms with Crippen molar-refractivity contribution in [2.45, 2.75) is 32.5 Å². The molecule has 2 aromatic heterocycles. The summed E-state index contributed by atoms with van der Waals surface area (Å²) >= 11 is 0. The minimum Gasteiger partial charge on any atom is -0.331 e. The smallest absolute Gasteiger partial charge is 0.331 e. The van der Waals surface area contributed by atoms with Crippen LogP contribution in [0.25, 0.3) is 11.0 Å². The standard InChI is InChI=1S/C20H19F3N4O/c1-11-7-8-27(17(11)13-3-5-15(6-4-13)20(21,22)23)19(28)14-9-16-12(2)25-26-18(16)24-10-14/h3-6,9-11,17H,7-8H2,1-2H3,(H,24,25,26)/t11-,17+/m0/s1. The number of aryl methyl sites for hydroxylation is 1. The van der Waals surface area contributed by atoms with Crippen LogP contribution in [0.5, 0.6) is 0 Å². The number of rotatable bonds is 2. The number of benzene rings is 1. The number of carbonyl (C=O) groups is 1. The van der Waals surface area contributed by atoms with Gasteiger partial charge in [-0.25, -0.2) is 4.98 Å². The van der Waals surface area contributed by atoms with Gasteiger partial charge in [0.05, 0.1) is 17.2 Å². The highest BCUT2D eigenvalue weighted by molar-refractivity contribution is 5.97. The number of carbonyl (C=O) groups excluding carboxylic acids is 1. The van der Waals surface area contributed by atoms with Gasteiger partial charge in [0.2, 0.25) is 0 Å². The Hall–Kier alpha value is -2.90. The largest absolute Gasteiger partial charge is 0.416 e. The van der Waals surface area contributed by atoms with Crippen LogP contribution in [0.15, 0.2) is 36.5 Å². The van der Waals surface area contributed by atoms with Crippen molar-refractivity contribution in [3.05, 3.63) is 58.9 Å². The highest BCUT2D eigenvalue weighted by Crippen LogP contribution is 2.39. The van der Waals surface area contributed by atoms with Gasteiger partial charge in [0.15, 0.2) is 5.65 Å². The van der Waals surface area contributed by atoms with E-state index in [0.29, 0.717) is 23.3 Å². The zero-order valence-corrected chi connectivity index (χ0v) is 15.4. The summed E-state index contributed by atoms with van der Waals surface area (Å²) in [6.07, 6.45) is -2.09. The van der Waals surface area contributed by atoms with Crippen molar-refractivity contribution in [3.8, 4) is 0 Å². The first-order valence-corrected chi connectivity index (χ1v) is 9.04. The van der Waals surface area contributed by atoms with Gasteiger partial charge in [-0.3, -0.25) is 9.89 Å². The maximum atomic E-state index is 13.2. The molecule has 0 spiro atoms. The average molecular weight is 388 g/mol. The van der Waals surface area contributed by atoms with Crippen LogP contribution in [0.4, 0.5) is 13.2 Å². The van der Waals surface area contributed by atoms with Crippen molar-refractivity contribution in [2.75, 3.05) is 6.54 Å². The molecule has 8 heteroatoms. The normalized spacial score (nSPS) is 20.1. The Kier molecular flexibility index (Phi) is 4.36. The second-order valence-corrected chi connectivity index (χ2v) is 7.27. The molecule has 28 heavy (non-hydrogen) atoms. The Bertz CT molecular complexity index is 1030. The minimum atomic E-state index is -4.38. The Labute approximate surface area is 159 Å². The molecule has 146 valence electrons. The van der Waals surface area contributed by atoms with E-state index in [1.807, 2.05) is 13.8 Å². The van der Waals surface area contributed by atoms with Gasteiger partial charge in [0, 0.05) is 23.8 Å². The molecule has 1 N–H and O–H groups in total. The van der Waals surface area contributed by atoms with Gasteiger partial charge in [0.1, 0.15) is 0 Å². The lowest BCUT2D eigenvalue weighted by atomic mass is 9.94. The quantitative estimate of drug-likeness (QED) is 0.703. The van der Waals surface area contributed by atoms with E-state index in [1.165, 1.54) is 18.3 Å². The first-order chi connectivity index (χ1) is 13.3. The third kappa shape index (κ3) is 3.12. The lowest BCUT2D eigenvalue weighted by Crippen LogP contribution is -2.32. The molecule has 4 rings (SSSR count). The van der Waals surface area contributed by atoms with E-state index in [1.54, 1.807) is 11.0 Å². The van der Waals surface area contributed by atoms with Crippen molar-refractivity contribution in [1.29, 1.82) is 0 Å². The summed E-state index contributed by atoms with van der Waals surface area (Å²) in [6, 6.07) is 6.58. The monoisotopic (exact) mass is 388 g/mol. The van der Waals surface area contributed by atoms with Crippen LogP contribution in [0.3, 0.4) is 0 Å². The van der Waals surface area contributed by atoms with Gasteiger partial charge < -0.3 is 4.90 Å². The average Bonchev–Trinajstić information content (AvgIpc) is 3.23. The fourth-order valence-electron chi connectivity index (χ4n) is 3.85. The molecule has 0 saturated carbocycles. The zero-order valence-electron chi connectivity index (χ0n) is 15.4. The summed E-state index contributed by atoms with van der Waals surface area (Å²) in [6.45, 7) is 4.42. The molecule has 1 aliphatic heterocycles. The molecule has 3 aromatic rings. The first-order valence-electron chi connectivity index (χ1n) is 9.04. The van der Waals surface area contributed by atoms with Crippen LogP contribution in [-0.2, 0) is 6.18 Å². The number of nitrogens with one attached hydrogen (secondary N) is 1. The van der Waals surface area contributed by atoms with E-state index in [9.17, 15) is 18.0 Å². The summed E-state index contributed by atoms with van der Waals surface area (Å²) in [5.74, 6) is -0.0303. The van der Waals surface area contributed by atoms with Crippen molar-refractivity contribution < 1.29 is 18.0 Å². The van der Waals surface area contributed by atoms with Gasteiger partial charge in [0.25, 0.3) is 5.91 Å². The molecule has 0 radical (unpaired) electrons. The van der Waals surface area contributed by atoms with Gasteiger partial charge in [-0.1, -0.05) is 19.1 Å². The lowest BCUT2D eigenvalue weighted by molar-refractivity contribution is -0.137. The van der Waals surface area contributed by atoms with E-state index >= 15 is 0 Å². The fourth-order valence-corrected chi connectivity index (χ4v) is 3.85. The van der Waals surface area contributed by atoms with E-state index in [-0.39, 0.29) is 17.9 Å². The fraction of sp³-hybridized carbons (Fsp3) is 0.350. The number of nitrogens with zero attached hydrogens (tertiary/aromatic N) is 3. The second kappa shape index (κ2) is 6.61. The van der Waals surface area contributed by atoms with Gasteiger partial charge in [-0.2, -0.15) is 18.3 Å². The summed E-state index contributed by atoms with van der Waals surface area (Å²) in [5.41, 5.74) is 1.84. The Morgan fingerprint density at radius 1 is 1.25 bits per heavy atom. The Morgan fingerprint density at radius 3 is 2.64 bits per heavy atom. The molecule has 0 aliphatic carbocycles. The van der Waals surface area contributed by atoms with Crippen LogP contribution in [0.2, 0.25) is 0 Å². The maximum Gasteiger partial charge on any atom is 0.416 e. The summed E-state index contributed by atoms with van der Waals surface area (Å²) in [7, 11) is 0. The molecule has 1 saturated heterocycles. The molecule has 3 heterocycles. The molecular formula is C20H19F3N4O. The summed E-state index contributed by atoms with van der Waals surface area (Å²) < 4.78 is 38.6. The molecule has 0 bridgehead atoms. The van der Waals surface area contributed by atoms with E-state index in [0.717, 1.165) is 29.6 Å². The lowest BCUT2D eigenvalue weighted by Gasteiger charge is -2.28. The molecule has 1 fully saturated rings.